The highest BCUT2D eigenvalue weighted by Crippen LogP contribution is 2.14. The van der Waals surface area contributed by atoms with Crippen molar-refractivity contribution < 1.29 is 4.39 Å². The molecule has 0 spiro atoms. The molecule has 0 unspecified atom stereocenters. The van der Waals surface area contributed by atoms with E-state index in [4.69, 9.17) is 0 Å². The van der Waals surface area contributed by atoms with E-state index in [2.05, 4.69) is 15.6 Å². The van der Waals surface area contributed by atoms with Crippen molar-refractivity contribution in [2.45, 2.75) is 13.5 Å². The summed E-state index contributed by atoms with van der Waals surface area (Å²) in [5.74, 6) is -0.201. The highest BCUT2D eigenvalue weighted by atomic mass is 19.1. The molecule has 1 aromatic heterocycles. The van der Waals surface area contributed by atoms with Gasteiger partial charge in [0.2, 0.25) is 0 Å². The van der Waals surface area contributed by atoms with E-state index in [1.165, 1.54) is 6.07 Å². The fraction of sp³-hybridized carbons (Fsp3) is 0.273. The van der Waals surface area contributed by atoms with Gasteiger partial charge in [0.05, 0.1) is 18.4 Å². The molecule has 0 aliphatic rings. The van der Waals surface area contributed by atoms with Gasteiger partial charge in [0, 0.05) is 12.7 Å². The van der Waals surface area contributed by atoms with Gasteiger partial charge >= 0.3 is 0 Å². The van der Waals surface area contributed by atoms with Crippen LogP contribution in [0.1, 0.15) is 11.3 Å². The maximum absolute atomic E-state index is 13.3. The van der Waals surface area contributed by atoms with Crippen LogP contribution in [0.4, 0.5) is 10.1 Å². The van der Waals surface area contributed by atoms with Gasteiger partial charge in [-0.1, -0.05) is 11.3 Å². The van der Waals surface area contributed by atoms with Crippen LogP contribution in [0.25, 0.3) is 0 Å². The smallest absolute Gasteiger partial charge is 0.128 e. The number of nitrogens with one attached hydrogen (secondary N) is 1. The number of aryl methyl sites for hydroxylation is 2. The Morgan fingerprint density at radius 2 is 2.25 bits per heavy atom. The lowest BCUT2D eigenvalue weighted by molar-refractivity contribution is 0.619. The van der Waals surface area contributed by atoms with Gasteiger partial charge in [0.1, 0.15) is 5.82 Å². The third-order valence-corrected chi connectivity index (χ3v) is 2.45. The second kappa shape index (κ2) is 4.30. The minimum absolute atomic E-state index is 0.201. The average Bonchev–Trinajstić information content (AvgIpc) is 2.66. The monoisotopic (exact) mass is 220 g/mol. The van der Waals surface area contributed by atoms with Crippen molar-refractivity contribution in [1.82, 2.24) is 15.0 Å². The van der Waals surface area contributed by atoms with Crippen LogP contribution < -0.4 is 5.32 Å². The van der Waals surface area contributed by atoms with Crippen LogP contribution in [-0.2, 0) is 13.6 Å². The number of anilines is 1. The summed E-state index contributed by atoms with van der Waals surface area (Å²) in [5.41, 5.74) is 2.35. The highest BCUT2D eigenvalue weighted by molar-refractivity contribution is 5.45. The molecule has 2 rings (SSSR count). The normalized spacial score (nSPS) is 10.4. The van der Waals surface area contributed by atoms with Gasteiger partial charge in [0.25, 0.3) is 0 Å². The van der Waals surface area contributed by atoms with E-state index < -0.39 is 0 Å². The average molecular weight is 220 g/mol. The summed E-state index contributed by atoms with van der Waals surface area (Å²) in [5, 5.41) is 10.7. The number of rotatable bonds is 3. The van der Waals surface area contributed by atoms with Gasteiger partial charge < -0.3 is 5.32 Å². The summed E-state index contributed by atoms with van der Waals surface area (Å²) >= 11 is 0. The number of hydrogen-bond donors (Lipinski definition) is 1. The topological polar surface area (TPSA) is 42.7 Å². The van der Waals surface area contributed by atoms with E-state index in [0.29, 0.717) is 12.1 Å². The lowest BCUT2D eigenvalue weighted by atomic mass is 10.2. The molecule has 0 amide bonds. The fourth-order valence-corrected chi connectivity index (χ4v) is 1.37. The molecule has 0 saturated carbocycles. The van der Waals surface area contributed by atoms with Crippen LogP contribution in [0.15, 0.2) is 24.4 Å². The largest absolute Gasteiger partial charge is 0.379 e. The molecular formula is C11H13FN4. The van der Waals surface area contributed by atoms with Crippen LogP contribution in [0, 0.1) is 12.7 Å². The number of hydrogen-bond acceptors (Lipinski definition) is 3. The first-order chi connectivity index (χ1) is 7.66. The van der Waals surface area contributed by atoms with Gasteiger partial charge in [0.15, 0.2) is 0 Å². The number of nitrogens with zero attached hydrogens (tertiary/aromatic N) is 3. The van der Waals surface area contributed by atoms with E-state index in [0.717, 1.165) is 11.4 Å². The SMILES string of the molecule is Cc1ccc(NCc2cnnn2C)cc1F. The predicted octanol–water partition coefficient (Wildman–Crippen LogP) is 1.87. The number of benzene rings is 1. The van der Waals surface area contributed by atoms with E-state index in [1.54, 1.807) is 23.9 Å². The van der Waals surface area contributed by atoms with Crippen LogP contribution >= 0.6 is 0 Å². The lowest BCUT2D eigenvalue weighted by Crippen LogP contribution is -2.05. The molecule has 84 valence electrons. The zero-order chi connectivity index (χ0) is 11.5. The summed E-state index contributed by atoms with van der Waals surface area (Å²) in [6, 6.07) is 5.08. The van der Waals surface area contributed by atoms with E-state index >= 15 is 0 Å². The van der Waals surface area contributed by atoms with Crippen molar-refractivity contribution >= 4 is 5.69 Å². The first-order valence-electron chi connectivity index (χ1n) is 5.00. The molecule has 0 atom stereocenters. The third kappa shape index (κ3) is 2.18. The van der Waals surface area contributed by atoms with Gasteiger partial charge in [-0.25, -0.2) is 4.39 Å². The highest BCUT2D eigenvalue weighted by Gasteiger charge is 2.01. The summed E-state index contributed by atoms with van der Waals surface area (Å²) in [6.07, 6.45) is 1.68. The van der Waals surface area contributed by atoms with Crippen LogP contribution in [0.2, 0.25) is 0 Å². The van der Waals surface area contributed by atoms with Crippen LogP contribution in [0.5, 0.6) is 0 Å². The van der Waals surface area contributed by atoms with E-state index in [1.807, 2.05) is 13.1 Å². The van der Waals surface area contributed by atoms with Gasteiger partial charge in [-0.3, -0.25) is 4.68 Å². The first kappa shape index (κ1) is 10.6. The molecule has 1 aromatic carbocycles. The first-order valence-corrected chi connectivity index (χ1v) is 5.00. The molecular weight excluding hydrogens is 207 g/mol. The summed E-state index contributed by atoms with van der Waals surface area (Å²) in [4.78, 5) is 0. The number of aromatic nitrogens is 3. The molecule has 0 radical (unpaired) electrons. The quantitative estimate of drug-likeness (QED) is 0.858. The Hall–Kier alpha value is -1.91. The van der Waals surface area contributed by atoms with Gasteiger partial charge in [-0.2, -0.15) is 0 Å². The molecule has 0 aliphatic heterocycles. The molecule has 2 aromatic rings. The zero-order valence-corrected chi connectivity index (χ0v) is 9.24. The maximum Gasteiger partial charge on any atom is 0.128 e. The van der Waals surface area contributed by atoms with Crippen molar-refractivity contribution in [2.75, 3.05) is 5.32 Å². The maximum atomic E-state index is 13.3. The standard InChI is InChI=1S/C11H13FN4/c1-8-3-4-9(5-11(8)12)13-6-10-7-14-15-16(10)2/h3-5,7,13H,6H2,1-2H3. The Labute approximate surface area is 93.1 Å². The Balaban J connectivity index is 2.05. The molecule has 1 N–H and O–H groups in total. The van der Waals surface area contributed by atoms with Gasteiger partial charge in [-0.15, -0.1) is 5.10 Å². The van der Waals surface area contributed by atoms with Gasteiger partial charge in [-0.05, 0) is 24.6 Å². The minimum atomic E-state index is -0.201. The Kier molecular flexibility index (Phi) is 2.85. The molecule has 0 saturated heterocycles. The Bertz CT molecular complexity index is 492. The van der Waals surface area contributed by atoms with E-state index in [-0.39, 0.29) is 5.82 Å². The lowest BCUT2D eigenvalue weighted by Gasteiger charge is -2.06. The molecule has 0 fully saturated rings. The third-order valence-electron chi connectivity index (χ3n) is 2.45. The number of halogens is 1. The van der Waals surface area contributed by atoms with Crippen molar-refractivity contribution in [1.29, 1.82) is 0 Å². The second-order valence-corrected chi connectivity index (χ2v) is 3.67. The zero-order valence-electron chi connectivity index (χ0n) is 9.24. The van der Waals surface area contributed by atoms with E-state index in [9.17, 15) is 4.39 Å². The van der Waals surface area contributed by atoms with Crippen LogP contribution in [-0.4, -0.2) is 15.0 Å². The second-order valence-electron chi connectivity index (χ2n) is 3.67. The molecule has 0 bridgehead atoms. The van der Waals surface area contributed by atoms with Crippen molar-refractivity contribution in [3.63, 3.8) is 0 Å². The molecule has 5 heteroatoms. The van der Waals surface area contributed by atoms with Crippen molar-refractivity contribution in [3.8, 4) is 0 Å². The van der Waals surface area contributed by atoms with Crippen molar-refractivity contribution in [2.24, 2.45) is 7.05 Å². The summed E-state index contributed by atoms with van der Waals surface area (Å²) < 4.78 is 14.9. The predicted molar refractivity (Wildman–Crippen MR) is 59.5 cm³/mol. The Morgan fingerprint density at radius 1 is 1.44 bits per heavy atom. The molecule has 1 heterocycles. The van der Waals surface area contributed by atoms with Crippen LogP contribution in [0.3, 0.4) is 0 Å². The fourth-order valence-electron chi connectivity index (χ4n) is 1.37. The summed E-state index contributed by atoms with van der Waals surface area (Å²) in [7, 11) is 1.82. The van der Waals surface area contributed by atoms with Crippen molar-refractivity contribution in [3.05, 3.63) is 41.5 Å². The minimum Gasteiger partial charge on any atom is -0.379 e. The molecule has 0 aliphatic carbocycles. The molecule has 4 nitrogen and oxygen atoms in total. The Morgan fingerprint density at radius 3 is 2.88 bits per heavy atom. The summed E-state index contributed by atoms with van der Waals surface area (Å²) in [6.45, 7) is 2.32. The molecule has 16 heavy (non-hydrogen) atoms.